The van der Waals surface area contributed by atoms with Gasteiger partial charge in [-0.2, -0.15) is 10.2 Å². The average molecular weight is 358 g/mol. The smallest absolute Gasteiger partial charge is 0.220 e. The van der Waals surface area contributed by atoms with E-state index in [2.05, 4.69) is 45.4 Å². The van der Waals surface area contributed by atoms with E-state index in [9.17, 15) is 4.79 Å². The van der Waals surface area contributed by atoms with Crippen molar-refractivity contribution in [1.29, 1.82) is 0 Å². The summed E-state index contributed by atoms with van der Waals surface area (Å²) < 4.78 is 4.06. The second-order valence-corrected chi connectivity index (χ2v) is 7.07. The zero-order chi connectivity index (χ0) is 18.7. The maximum atomic E-state index is 12.4. The van der Waals surface area contributed by atoms with Crippen LogP contribution in [0.1, 0.15) is 61.1 Å². The highest BCUT2D eigenvalue weighted by Crippen LogP contribution is 2.21. The van der Waals surface area contributed by atoms with Gasteiger partial charge in [0.2, 0.25) is 5.91 Å². The number of carbonyl (C=O) groups is 1. The van der Waals surface area contributed by atoms with Crippen molar-refractivity contribution < 1.29 is 4.79 Å². The molecule has 0 radical (unpaired) electrons. The predicted octanol–water partition coefficient (Wildman–Crippen LogP) is 2.02. The highest BCUT2D eigenvalue weighted by atomic mass is 16.1. The van der Waals surface area contributed by atoms with E-state index in [1.165, 1.54) is 5.69 Å². The molecule has 7 nitrogen and oxygen atoms in total. The number of carbonyl (C=O) groups excluding carboxylic acids is 1. The van der Waals surface area contributed by atoms with Gasteiger partial charge in [0, 0.05) is 43.7 Å². The van der Waals surface area contributed by atoms with E-state index in [0.29, 0.717) is 12.8 Å². The van der Waals surface area contributed by atoms with Gasteiger partial charge in [-0.15, -0.1) is 0 Å². The van der Waals surface area contributed by atoms with Gasteiger partial charge in [-0.25, -0.2) is 0 Å². The Balaban J connectivity index is 1.57. The number of aryl methyl sites for hydroxylation is 4. The molecule has 0 aliphatic carbocycles. The lowest BCUT2D eigenvalue weighted by atomic mass is 10.1. The molecular formula is C19H30N6O. The number of rotatable bonds is 6. The van der Waals surface area contributed by atoms with Crippen LogP contribution in [0.2, 0.25) is 0 Å². The molecule has 0 saturated carbocycles. The van der Waals surface area contributed by atoms with E-state index in [4.69, 9.17) is 0 Å². The molecule has 142 valence electrons. The van der Waals surface area contributed by atoms with Crippen molar-refractivity contribution in [3.8, 4) is 0 Å². The fourth-order valence-corrected chi connectivity index (χ4v) is 3.82. The van der Waals surface area contributed by atoms with Crippen molar-refractivity contribution in [2.24, 2.45) is 0 Å². The summed E-state index contributed by atoms with van der Waals surface area (Å²) in [6.45, 7) is 11.9. The van der Waals surface area contributed by atoms with Crippen LogP contribution in [0.25, 0.3) is 0 Å². The molecule has 26 heavy (non-hydrogen) atoms. The van der Waals surface area contributed by atoms with Crippen LogP contribution >= 0.6 is 0 Å². The summed E-state index contributed by atoms with van der Waals surface area (Å²) >= 11 is 0. The molecule has 3 rings (SSSR count). The minimum absolute atomic E-state index is 0.0364. The van der Waals surface area contributed by atoms with Gasteiger partial charge in [-0.3, -0.25) is 14.2 Å². The maximum Gasteiger partial charge on any atom is 0.220 e. The van der Waals surface area contributed by atoms with Gasteiger partial charge >= 0.3 is 0 Å². The molecule has 0 aromatic carbocycles. The zero-order valence-corrected chi connectivity index (χ0v) is 16.3. The number of aromatic nitrogens is 4. The minimum atomic E-state index is -0.0364. The molecule has 0 saturated heterocycles. The summed E-state index contributed by atoms with van der Waals surface area (Å²) in [7, 11) is 0. The van der Waals surface area contributed by atoms with Crippen LogP contribution in [-0.4, -0.2) is 32.0 Å². The van der Waals surface area contributed by atoms with Crippen molar-refractivity contribution in [2.75, 3.05) is 6.54 Å². The third kappa shape index (κ3) is 3.98. The molecule has 2 aromatic heterocycles. The van der Waals surface area contributed by atoms with Gasteiger partial charge in [-0.05, 0) is 46.7 Å². The Labute approximate surface area is 155 Å². The molecule has 0 fully saturated rings. The first-order valence-corrected chi connectivity index (χ1v) is 9.59. The highest BCUT2D eigenvalue weighted by Gasteiger charge is 2.19. The van der Waals surface area contributed by atoms with Crippen LogP contribution in [0.3, 0.4) is 0 Å². The SMILES string of the molecule is CCn1nc(C)c([C@H](C)NC(=O)CCc2cc3n(n2)CCCNC3)c1C. The number of amides is 1. The molecule has 1 aliphatic rings. The summed E-state index contributed by atoms with van der Waals surface area (Å²) in [5, 5.41) is 15.7. The number of hydrogen-bond acceptors (Lipinski definition) is 4. The Morgan fingerprint density at radius 1 is 1.38 bits per heavy atom. The van der Waals surface area contributed by atoms with Gasteiger partial charge in [0.15, 0.2) is 0 Å². The molecule has 1 amide bonds. The summed E-state index contributed by atoms with van der Waals surface area (Å²) in [6.07, 6.45) is 2.22. The highest BCUT2D eigenvalue weighted by molar-refractivity contribution is 5.76. The van der Waals surface area contributed by atoms with E-state index >= 15 is 0 Å². The van der Waals surface area contributed by atoms with Crippen LogP contribution in [0.15, 0.2) is 6.07 Å². The van der Waals surface area contributed by atoms with Gasteiger partial charge in [0.05, 0.1) is 23.1 Å². The van der Waals surface area contributed by atoms with Gasteiger partial charge < -0.3 is 10.6 Å². The monoisotopic (exact) mass is 358 g/mol. The van der Waals surface area contributed by atoms with E-state index in [1.54, 1.807) is 0 Å². The molecule has 1 atom stereocenters. The molecule has 2 N–H and O–H groups in total. The molecule has 7 heteroatoms. The molecule has 1 aliphatic heterocycles. The van der Waals surface area contributed by atoms with Gasteiger partial charge in [0.1, 0.15) is 0 Å². The standard InChI is InChI=1S/C19H30N6O/c1-5-24-15(4)19(14(3)22-24)13(2)21-18(26)8-7-16-11-17-12-20-9-6-10-25(17)23-16/h11,13,20H,5-10,12H2,1-4H3,(H,21,26)/t13-/m0/s1. The first-order chi connectivity index (χ1) is 12.5. The first-order valence-electron chi connectivity index (χ1n) is 9.59. The fourth-order valence-electron chi connectivity index (χ4n) is 3.82. The Kier molecular flexibility index (Phi) is 5.76. The van der Waals surface area contributed by atoms with Crippen LogP contribution < -0.4 is 10.6 Å². The zero-order valence-electron chi connectivity index (χ0n) is 16.3. The topological polar surface area (TPSA) is 76.8 Å². The number of nitrogens with zero attached hydrogens (tertiary/aromatic N) is 4. The molecule has 2 aromatic rings. The normalized spacial score (nSPS) is 15.4. The average Bonchev–Trinajstić information content (AvgIpc) is 3.04. The summed E-state index contributed by atoms with van der Waals surface area (Å²) in [5.74, 6) is 0.0573. The van der Waals surface area contributed by atoms with Crippen LogP contribution in [0.4, 0.5) is 0 Å². The maximum absolute atomic E-state index is 12.4. The second-order valence-electron chi connectivity index (χ2n) is 7.07. The lowest BCUT2D eigenvalue weighted by Crippen LogP contribution is -2.27. The fraction of sp³-hybridized carbons (Fsp3) is 0.632. The van der Waals surface area contributed by atoms with Crippen molar-refractivity contribution in [1.82, 2.24) is 30.2 Å². The number of hydrogen-bond donors (Lipinski definition) is 2. The van der Waals surface area contributed by atoms with E-state index in [1.807, 2.05) is 18.5 Å². The molecular weight excluding hydrogens is 328 g/mol. The van der Waals surface area contributed by atoms with Gasteiger partial charge in [0.25, 0.3) is 0 Å². The van der Waals surface area contributed by atoms with E-state index in [-0.39, 0.29) is 11.9 Å². The predicted molar refractivity (Wildman–Crippen MR) is 101 cm³/mol. The van der Waals surface area contributed by atoms with Gasteiger partial charge in [-0.1, -0.05) is 0 Å². The van der Waals surface area contributed by atoms with Crippen molar-refractivity contribution in [3.63, 3.8) is 0 Å². The van der Waals surface area contributed by atoms with Crippen molar-refractivity contribution >= 4 is 5.91 Å². The quantitative estimate of drug-likeness (QED) is 0.828. The largest absolute Gasteiger partial charge is 0.349 e. The van der Waals surface area contributed by atoms with E-state index < -0.39 is 0 Å². The lowest BCUT2D eigenvalue weighted by Gasteiger charge is -2.15. The Bertz CT molecular complexity index is 752. The third-order valence-corrected chi connectivity index (χ3v) is 5.10. The summed E-state index contributed by atoms with van der Waals surface area (Å²) in [6, 6.07) is 2.08. The summed E-state index contributed by atoms with van der Waals surface area (Å²) in [4.78, 5) is 12.4. The molecule has 0 spiro atoms. The Morgan fingerprint density at radius 3 is 2.92 bits per heavy atom. The molecule has 3 heterocycles. The third-order valence-electron chi connectivity index (χ3n) is 5.10. The first kappa shape index (κ1) is 18.6. The number of fused-ring (bicyclic) bond motifs is 1. The second kappa shape index (κ2) is 8.03. The van der Waals surface area contributed by atoms with Crippen LogP contribution in [0.5, 0.6) is 0 Å². The minimum Gasteiger partial charge on any atom is -0.349 e. The Hall–Kier alpha value is -2.15. The molecule has 0 unspecified atom stereocenters. The lowest BCUT2D eigenvalue weighted by molar-refractivity contribution is -0.121. The van der Waals surface area contributed by atoms with Crippen molar-refractivity contribution in [2.45, 2.75) is 72.6 Å². The summed E-state index contributed by atoms with van der Waals surface area (Å²) in [5.41, 5.74) is 5.45. The molecule has 0 bridgehead atoms. The van der Waals surface area contributed by atoms with Crippen LogP contribution in [-0.2, 0) is 30.8 Å². The van der Waals surface area contributed by atoms with E-state index in [0.717, 1.165) is 55.2 Å². The Morgan fingerprint density at radius 2 is 2.19 bits per heavy atom. The van der Waals surface area contributed by atoms with Crippen LogP contribution in [0, 0.1) is 13.8 Å². The van der Waals surface area contributed by atoms with Crippen molar-refractivity contribution in [3.05, 3.63) is 34.4 Å². The number of nitrogens with one attached hydrogen (secondary N) is 2.